The third kappa shape index (κ3) is 3.09. The normalized spacial score (nSPS) is 10.3. The summed E-state index contributed by atoms with van der Waals surface area (Å²) in [6.45, 7) is 0. The highest BCUT2D eigenvalue weighted by atomic mass is 19.1. The van der Waals surface area contributed by atoms with Crippen molar-refractivity contribution in [3.05, 3.63) is 78.6 Å². The fraction of sp³-hybridized carbons (Fsp3) is 0.0526. The minimum absolute atomic E-state index is 0.316. The van der Waals surface area contributed by atoms with Crippen molar-refractivity contribution in [2.75, 3.05) is 12.4 Å². The molecule has 0 amide bonds. The molecule has 3 aromatic carbocycles. The summed E-state index contributed by atoms with van der Waals surface area (Å²) in [5, 5.41) is 3.09. The minimum Gasteiger partial charge on any atom is -0.457 e. The quantitative estimate of drug-likeness (QED) is 0.702. The molecular formula is C19H16FNO. The number of rotatable bonds is 4. The van der Waals surface area contributed by atoms with Crippen molar-refractivity contribution in [3.63, 3.8) is 0 Å². The summed E-state index contributed by atoms with van der Waals surface area (Å²) in [4.78, 5) is 0. The summed E-state index contributed by atoms with van der Waals surface area (Å²) in [5.41, 5.74) is 2.95. The van der Waals surface area contributed by atoms with Gasteiger partial charge in [-0.1, -0.05) is 36.4 Å². The first kappa shape index (κ1) is 14.1. The second kappa shape index (κ2) is 6.31. The van der Waals surface area contributed by atoms with Gasteiger partial charge in [-0.25, -0.2) is 4.39 Å². The van der Waals surface area contributed by atoms with Gasteiger partial charge >= 0.3 is 0 Å². The van der Waals surface area contributed by atoms with Crippen LogP contribution in [0.15, 0.2) is 72.8 Å². The number of benzene rings is 3. The Bertz CT molecular complexity index is 771. The number of nitrogens with one attached hydrogen (secondary N) is 1. The molecule has 0 saturated heterocycles. The zero-order valence-electron chi connectivity index (χ0n) is 12.2. The summed E-state index contributed by atoms with van der Waals surface area (Å²) in [5.74, 6) is 0.845. The van der Waals surface area contributed by atoms with Gasteiger partial charge in [0.15, 0.2) is 0 Å². The molecule has 3 rings (SSSR count). The van der Waals surface area contributed by atoms with Gasteiger partial charge in [0.05, 0.1) is 0 Å². The molecule has 0 aromatic heterocycles. The van der Waals surface area contributed by atoms with Crippen LogP contribution in [0.5, 0.6) is 11.5 Å². The van der Waals surface area contributed by atoms with Crippen LogP contribution in [-0.4, -0.2) is 7.05 Å². The van der Waals surface area contributed by atoms with Gasteiger partial charge in [0.1, 0.15) is 17.3 Å². The van der Waals surface area contributed by atoms with Crippen molar-refractivity contribution in [1.82, 2.24) is 0 Å². The fourth-order valence-electron chi connectivity index (χ4n) is 2.28. The van der Waals surface area contributed by atoms with E-state index < -0.39 is 0 Å². The highest BCUT2D eigenvalue weighted by molar-refractivity contribution is 5.73. The Morgan fingerprint density at radius 1 is 0.864 bits per heavy atom. The first-order chi connectivity index (χ1) is 10.8. The van der Waals surface area contributed by atoms with Crippen LogP contribution in [-0.2, 0) is 0 Å². The Morgan fingerprint density at radius 2 is 1.68 bits per heavy atom. The van der Waals surface area contributed by atoms with Crippen molar-refractivity contribution in [3.8, 4) is 22.6 Å². The Hall–Kier alpha value is -2.81. The number of ether oxygens (including phenoxy) is 1. The molecule has 0 bridgehead atoms. The van der Waals surface area contributed by atoms with Gasteiger partial charge in [-0.2, -0.15) is 0 Å². The Morgan fingerprint density at radius 3 is 2.41 bits per heavy atom. The second-order valence-corrected chi connectivity index (χ2v) is 4.89. The summed E-state index contributed by atoms with van der Waals surface area (Å²) < 4.78 is 19.3. The van der Waals surface area contributed by atoms with Crippen molar-refractivity contribution in [2.45, 2.75) is 0 Å². The van der Waals surface area contributed by atoms with Gasteiger partial charge in [0.2, 0.25) is 0 Å². The molecule has 0 aliphatic rings. The monoisotopic (exact) mass is 293 g/mol. The molecule has 0 heterocycles. The SMILES string of the molecule is CNc1ccc(-c2ccccc2)c(Oc2cccc(F)c2)c1. The lowest BCUT2D eigenvalue weighted by Gasteiger charge is -2.13. The van der Waals surface area contributed by atoms with E-state index in [1.54, 1.807) is 12.1 Å². The maximum Gasteiger partial charge on any atom is 0.137 e. The molecule has 22 heavy (non-hydrogen) atoms. The fourth-order valence-corrected chi connectivity index (χ4v) is 2.28. The van der Waals surface area contributed by atoms with Gasteiger partial charge in [-0.05, 0) is 29.8 Å². The van der Waals surface area contributed by atoms with Crippen molar-refractivity contribution in [2.24, 2.45) is 0 Å². The van der Waals surface area contributed by atoms with E-state index in [9.17, 15) is 4.39 Å². The van der Waals surface area contributed by atoms with E-state index in [0.29, 0.717) is 11.5 Å². The molecule has 0 radical (unpaired) electrons. The molecule has 0 unspecified atom stereocenters. The van der Waals surface area contributed by atoms with Gasteiger partial charge < -0.3 is 10.1 Å². The number of anilines is 1. The van der Waals surface area contributed by atoms with E-state index >= 15 is 0 Å². The van der Waals surface area contributed by atoms with Crippen LogP contribution in [0.1, 0.15) is 0 Å². The molecule has 3 aromatic rings. The Labute approximate surface area is 129 Å². The predicted molar refractivity (Wildman–Crippen MR) is 87.9 cm³/mol. The molecule has 2 nitrogen and oxygen atoms in total. The lowest BCUT2D eigenvalue weighted by Crippen LogP contribution is -1.93. The standard InChI is InChI=1S/C19H16FNO/c1-21-16-10-11-18(14-6-3-2-4-7-14)19(13-16)22-17-9-5-8-15(20)12-17/h2-13,21H,1H3. The molecule has 0 aliphatic carbocycles. The number of hydrogen-bond donors (Lipinski definition) is 1. The van der Waals surface area contributed by atoms with E-state index in [1.807, 2.05) is 55.6 Å². The maximum atomic E-state index is 13.3. The largest absolute Gasteiger partial charge is 0.457 e. The second-order valence-electron chi connectivity index (χ2n) is 4.89. The van der Waals surface area contributed by atoms with Crippen molar-refractivity contribution in [1.29, 1.82) is 0 Å². The highest BCUT2D eigenvalue weighted by Gasteiger charge is 2.09. The summed E-state index contributed by atoms with van der Waals surface area (Å²) in [7, 11) is 1.85. The minimum atomic E-state index is -0.316. The van der Waals surface area contributed by atoms with Gasteiger partial charge in [0, 0.05) is 30.4 Å². The molecular weight excluding hydrogens is 277 g/mol. The first-order valence-corrected chi connectivity index (χ1v) is 7.07. The lowest BCUT2D eigenvalue weighted by atomic mass is 10.0. The molecule has 0 atom stereocenters. The molecule has 1 N–H and O–H groups in total. The van der Waals surface area contributed by atoms with E-state index in [0.717, 1.165) is 16.8 Å². The maximum absolute atomic E-state index is 13.3. The lowest BCUT2D eigenvalue weighted by molar-refractivity contribution is 0.478. The van der Waals surface area contributed by atoms with E-state index in [4.69, 9.17) is 4.74 Å². The van der Waals surface area contributed by atoms with Gasteiger partial charge in [-0.3, -0.25) is 0 Å². The molecule has 0 spiro atoms. The van der Waals surface area contributed by atoms with Crippen molar-refractivity contribution < 1.29 is 9.13 Å². The molecule has 0 saturated carbocycles. The first-order valence-electron chi connectivity index (χ1n) is 7.07. The molecule has 110 valence electrons. The van der Waals surface area contributed by atoms with Gasteiger partial charge in [-0.15, -0.1) is 0 Å². The average molecular weight is 293 g/mol. The van der Waals surface area contributed by atoms with E-state index in [1.165, 1.54) is 12.1 Å². The summed E-state index contributed by atoms with van der Waals surface area (Å²) >= 11 is 0. The summed E-state index contributed by atoms with van der Waals surface area (Å²) in [6.07, 6.45) is 0. The van der Waals surface area contributed by atoms with E-state index in [-0.39, 0.29) is 5.82 Å². The van der Waals surface area contributed by atoms with Crippen LogP contribution < -0.4 is 10.1 Å². The number of halogens is 1. The van der Waals surface area contributed by atoms with Crippen molar-refractivity contribution >= 4 is 5.69 Å². The smallest absolute Gasteiger partial charge is 0.137 e. The highest BCUT2D eigenvalue weighted by Crippen LogP contribution is 2.35. The third-order valence-electron chi connectivity index (χ3n) is 3.38. The summed E-state index contributed by atoms with van der Waals surface area (Å²) in [6, 6.07) is 22.0. The topological polar surface area (TPSA) is 21.3 Å². The van der Waals surface area contributed by atoms with Crippen LogP contribution in [0, 0.1) is 5.82 Å². The Kier molecular flexibility index (Phi) is 4.05. The van der Waals surface area contributed by atoms with Crippen LogP contribution in [0.4, 0.5) is 10.1 Å². The van der Waals surface area contributed by atoms with Crippen LogP contribution in [0.3, 0.4) is 0 Å². The zero-order chi connectivity index (χ0) is 15.4. The Balaban J connectivity index is 2.04. The zero-order valence-corrected chi connectivity index (χ0v) is 12.2. The van der Waals surface area contributed by atoms with Crippen LogP contribution >= 0.6 is 0 Å². The molecule has 0 aliphatic heterocycles. The average Bonchev–Trinajstić information content (AvgIpc) is 2.55. The molecule has 3 heteroatoms. The third-order valence-corrected chi connectivity index (χ3v) is 3.38. The number of hydrogen-bond acceptors (Lipinski definition) is 2. The van der Waals surface area contributed by atoms with E-state index in [2.05, 4.69) is 5.32 Å². The predicted octanol–water partition coefficient (Wildman–Crippen LogP) is 5.33. The van der Waals surface area contributed by atoms with Crippen LogP contribution in [0.25, 0.3) is 11.1 Å². The van der Waals surface area contributed by atoms with Gasteiger partial charge in [0.25, 0.3) is 0 Å². The van der Waals surface area contributed by atoms with Crippen LogP contribution in [0.2, 0.25) is 0 Å². The molecule has 0 fully saturated rings.